The van der Waals surface area contributed by atoms with Gasteiger partial charge in [0, 0.05) is 13.2 Å². The predicted octanol–water partition coefficient (Wildman–Crippen LogP) is 0.404. The first-order chi connectivity index (χ1) is 6.70. The quantitative estimate of drug-likeness (QED) is 0.837. The van der Waals surface area contributed by atoms with Gasteiger partial charge in [-0.2, -0.15) is 5.10 Å². The van der Waals surface area contributed by atoms with Crippen LogP contribution in [0.4, 0.5) is 0 Å². The van der Waals surface area contributed by atoms with Gasteiger partial charge in [0.1, 0.15) is 10.3 Å². The molecule has 0 saturated carbocycles. The fraction of sp³-hybridized carbons (Fsp3) is 0.500. The molecule has 0 aliphatic carbocycles. The summed E-state index contributed by atoms with van der Waals surface area (Å²) in [5, 5.41) is 6.99. The second kappa shape index (κ2) is 3.70. The summed E-state index contributed by atoms with van der Waals surface area (Å²) in [6.45, 7) is 1.16. The molecule has 0 radical (unpaired) electrons. The average molecular weight is 260 g/mol. The van der Waals surface area contributed by atoms with E-state index in [4.69, 9.17) is 4.74 Å². The number of fused-ring (bicyclic) bond motifs is 1. The van der Waals surface area contributed by atoms with Gasteiger partial charge >= 0.3 is 0 Å². The van der Waals surface area contributed by atoms with Crippen LogP contribution < -0.4 is 5.32 Å². The highest BCUT2D eigenvalue weighted by molar-refractivity contribution is 9.10. The number of hydrogen-bond acceptors (Lipinski definition) is 3. The summed E-state index contributed by atoms with van der Waals surface area (Å²) < 4.78 is 7.35. The van der Waals surface area contributed by atoms with Gasteiger partial charge < -0.3 is 10.1 Å². The molecule has 14 heavy (non-hydrogen) atoms. The van der Waals surface area contributed by atoms with E-state index in [1.54, 1.807) is 17.9 Å². The van der Waals surface area contributed by atoms with Crippen LogP contribution in [0.25, 0.3) is 0 Å². The van der Waals surface area contributed by atoms with Crippen LogP contribution in [0.15, 0.2) is 10.7 Å². The van der Waals surface area contributed by atoms with Crippen molar-refractivity contribution in [2.45, 2.75) is 12.6 Å². The van der Waals surface area contributed by atoms with Crippen LogP contribution in [0.1, 0.15) is 10.5 Å². The first kappa shape index (κ1) is 9.67. The van der Waals surface area contributed by atoms with E-state index in [1.807, 2.05) is 0 Å². The van der Waals surface area contributed by atoms with E-state index < -0.39 is 0 Å². The lowest BCUT2D eigenvalue weighted by atomic mass is 10.2. The highest BCUT2D eigenvalue weighted by Crippen LogP contribution is 2.14. The minimum absolute atomic E-state index is 0.00630. The van der Waals surface area contributed by atoms with E-state index in [0.29, 0.717) is 23.4 Å². The Bertz CT molecular complexity index is 363. The lowest BCUT2D eigenvalue weighted by Gasteiger charge is -2.23. The predicted molar refractivity (Wildman–Crippen MR) is 53.1 cm³/mol. The van der Waals surface area contributed by atoms with Crippen LogP contribution in [-0.4, -0.2) is 35.4 Å². The van der Waals surface area contributed by atoms with E-state index in [2.05, 4.69) is 26.3 Å². The third-order valence-corrected chi connectivity index (χ3v) is 2.47. The number of amides is 1. The van der Waals surface area contributed by atoms with Crippen LogP contribution in [0.3, 0.4) is 0 Å². The van der Waals surface area contributed by atoms with Crippen molar-refractivity contribution in [1.29, 1.82) is 0 Å². The molecule has 1 N–H and O–H groups in total. The molecule has 1 amide bonds. The van der Waals surface area contributed by atoms with Crippen molar-refractivity contribution in [1.82, 2.24) is 15.1 Å². The molecule has 1 atom stereocenters. The number of methoxy groups -OCH3 is 1. The number of carbonyl (C=O) groups excluding carboxylic acids is 1. The number of nitrogens with zero attached hydrogens (tertiary/aromatic N) is 2. The molecule has 5 nitrogen and oxygen atoms in total. The Morgan fingerprint density at radius 3 is 3.36 bits per heavy atom. The van der Waals surface area contributed by atoms with Gasteiger partial charge in [-0.15, -0.1) is 0 Å². The lowest BCUT2D eigenvalue weighted by molar-refractivity contribution is 0.0832. The Kier molecular flexibility index (Phi) is 2.56. The molecule has 2 heterocycles. The number of nitrogens with one attached hydrogen (secondary N) is 1. The van der Waals surface area contributed by atoms with E-state index in [1.165, 1.54) is 0 Å². The Labute approximate surface area is 89.5 Å². The van der Waals surface area contributed by atoms with Gasteiger partial charge in [0.15, 0.2) is 0 Å². The zero-order valence-corrected chi connectivity index (χ0v) is 9.24. The molecule has 6 heteroatoms. The molecule has 1 aromatic rings. The second-order valence-electron chi connectivity index (χ2n) is 3.16. The topological polar surface area (TPSA) is 56.2 Å². The molecule has 0 aromatic carbocycles. The highest BCUT2D eigenvalue weighted by Gasteiger charge is 2.25. The number of aromatic nitrogens is 2. The van der Waals surface area contributed by atoms with Crippen molar-refractivity contribution in [2.75, 3.05) is 13.7 Å². The fourth-order valence-corrected chi connectivity index (χ4v) is 1.92. The van der Waals surface area contributed by atoms with Crippen molar-refractivity contribution >= 4 is 21.8 Å². The SMILES string of the molecule is COC[C@H]1Cn2nc(Br)cc2C(=O)N1. The smallest absolute Gasteiger partial charge is 0.269 e. The standard InChI is InChI=1S/C8H10BrN3O2/c1-14-4-5-3-12-6(8(13)10-5)2-7(9)11-12/h2,5H,3-4H2,1H3,(H,10,13)/t5-/m1/s1. The van der Waals surface area contributed by atoms with Crippen molar-refractivity contribution in [3.05, 3.63) is 16.4 Å². The third kappa shape index (κ3) is 1.67. The summed E-state index contributed by atoms with van der Waals surface area (Å²) in [5.41, 5.74) is 0.587. The summed E-state index contributed by atoms with van der Waals surface area (Å²) in [4.78, 5) is 11.5. The van der Waals surface area contributed by atoms with E-state index in [0.717, 1.165) is 0 Å². The molecular formula is C8H10BrN3O2. The molecule has 76 valence electrons. The van der Waals surface area contributed by atoms with Crippen molar-refractivity contribution in [2.24, 2.45) is 0 Å². The van der Waals surface area contributed by atoms with Crippen LogP contribution in [-0.2, 0) is 11.3 Å². The van der Waals surface area contributed by atoms with Crippen molar-refractivity contribution < 1.29 is 9.53 Å². The molecule has 1 aliphatic rings. The normalized spacial score (nSPS) is 20.4. The molecule has 0 saturated heterocycles. The van der Waals surface area contributed by atoms with Crippen LogP contribution >= 0.6 is 15.9 Å². The first-order valence-electron chi connectivity index (χ1n) is 4.24. The second-order valence-corrected chi connectivity index (χ2v) is 3.97. The monoisotopic (exact) mass is 259 g/mol. The molecule has 2 rings (SSSR count). The summed E-state index contributed by atoms with van der Waals surface area (Å²) >= 11 is 3.24. The fourth-order valence-electron chi connectivity index (χ4n) is 1.52. The average Bonchev–Trinajstić information content (AvgIpc) is 2.47. The van der Waals surface area contributed by atoms with Gasteiger partial charge in [-0.25, -0.2) is 0 Å². The Morgan fingerprint density at radius 1 is 1.86 bits per heavy atom. The van der Waals surface area contributed by atoms with Gasteiger partial charge in [-0.3, -0.25) is 9.48 Å². The maximum absolute atomic E-state index is 11.5. The number of hydrogen-bond donors (Lipinski definition) is 1. The highest BCUT2D eigenvalue weighted by atomic mass is 79.9. The number of rotatable bonds is 2. The summed E-state index contributed by atoms with van der Waals surface area (Å²) in [5.74, 6) is -0.100. The minimum Gasteiger partial charge on any atom is -0.382 e. The molecule has 1 aromatic heterocycles. The maximum Gasteiger partial charge on any atom is 0.269 e. The summed E-state index contributed by atoms with van der Waals surface area (Å²) in [7, 11) is 1.61. The number of ether oxygens (including phenoxy) is 1. The van der Waals surface area contributed by atoms with Crippen LogP contribution in [0, 0.1) is 0 Å². The van der Waals surface area contributed by atoms with Gasteiger partial charge in [-0.05, 0) is 15.9 Å². The van der Waals surface area contributed by atoms with E-state index >= 15 is 0 Å². The number of carbonyl (C=O) groups is 1. The van der Waals surface area contributed by atoms with Crippen molar-refractivity contribution in [3.8, 4) is 0 Å². The van der Waals surface area contributed by atoms with E-state index in [9.17, 15) is 4.79 Å². The zero-order valence-electron chi connectivity index (χ0n) is 7.66. The Morgan fingerprint density at radius 2 is 2.64 bits per heavy atom. The molecule has 0 spiro atoms. The molecule has 0 unspecified atom stereocenters. The molecule has 0 bridgehead atoms. The molecule has 1 aliphatic heterocycles. The number of halogens is 1. The van der Waals surface area contributed by atoms with Gasteiger partial charge in [0.05, 0.1) is 19.2 Å². The van der Waals surface area contributed by atoms with E-state index in [-0.39, 0.29) is 11.9 Å². The van der Waals surface area contributed by atoms with Gasteiger partial charge in [0.2, 0.25) is 0 Å². The van der Waals surface area contributed by atoms with Crippen LogP contribution in [0.2, 0.25) is 0 Å². The maximum atomic E-state index is 11.5. The summed E-state index contributed by atoms with van der Waals surface area (Å²) in [6, 6.07) is 1.71. The third-order valence-electron chi connectivity index (χ3n) is 2.08. The Balaban J connectivity index is 2.24. The van der Waals surface area contributed by atoms with Crippen molar-refractivity contribution in [3.63, 3.8) is 0 Å². The first-order valence-corrected chi connectivity index (χ1v) is 5.03. The minimum atomic E-state index is -0.100. The molecule has 0 fully saturated rings. The zero-order chi connectivity index (χ0) is 10.1. The largest absolute Gasteiger partial charge is 0.382 e. The Hall–Kier alpha value is -0.880. The van der Waals surface area contributed by atoms with Gasteiger partial charge in [0.25, 0.3) is 5.91 Å². The van der Waals surface area contributed by atoms with Gasteiger partial charge in [-0.1, -0.05) is 0 Å². The van der Waals surface area contributed by atoms with Crippen LogP contribution in [0.5, 0.6) is 0 Å². The molecular weight excluding hydrogens is 250 g/mol. The summed E-state index contributed by atoms with van der Waals surface area (Å²) in [6.07, 6.45) is 0. The lowest BCUT2D eigenvalue weighted by Crippen LogP contribution is -2.46.